The summed E-state index contributed by atoms with van der Waals surface area (Å²) in [7, 11) is 0. The second-order valence-electron chi connectivity index (χ2n) is 6.19. The lowest BCUT2D eigenvalue weighted by Crippen LogP contribution is -2.50. The van der Waals surface area contributed by atoms with Crippen LogP contribution in [-0.4, -0.2) is 31.8 Å². The number of rotatable bonds is 4. The lowest BCUT2D eigenvalue weighted by Gasteiger charge is -2.30. The second kappa shape index (κ2) is 6.53. The van der Waals surface area contributed by atoms with Crippen LogP contribution in [-0.2, 0) is 23.4 Å². The van der Waals surface area contributed by atoms with Crippen molar-refractivity contribution in [3.63, 3.8) is 0 Å². The molecule has 0 saturated heterocycles. The fraction of sp³-hybridized carbons (Fsp3) is 0.471. The number of aliphatic hydroxyl groups is 1. The number of carbonyl (C=O) groups excluding carboxylic acids is 1. The van der Waals surface area contributed by atoms with Crippen LogP contribution in [0.25, 0.3) is 0 Å². The molecule has 128 valence electrons. The zero-order valence-corrected chi connectivity index (χ0v) is 14.5. The smallest absolute Gasteiger partial charge is 0.256 e. The Morgan fingerprint density at radius 3 is 3.04 bits per heavy atom. The second-order valence-corrected chi connectivity index (χ2v) is 6.63. The van der Waals surface area contributed by atoms with Crippen LogP contribution in [0, 0.1) is 6.92 Å². The van der Waals surface area contributed by atoms with Gasteiger partial charge in [0, 0.05) is 17.5 Å². The molecule has 1 aliphatic rings. The first kappa shape index (κ1) is 16.9. The maximum absolute atomic E-state index is 12.7. The van der Waals surface area contributed by atoms with Crippen LogP contribution in [0.4, 0.5) is 0 Å². The number of amides is 1. The van der Waals surface area contributed by atoms with Gasteiger partial charge in [0.1, 0.15) is 11.6 Å². The molecule has 0 radical (unpaired) electrons. The summed E-state index contributed by atoms with van der Waals surface area (Å²) in [5.41, 5.74) is -1.09. The fourth-order valence-corrected chi connectivity index (χ4v) is 3.29. The maximum Gasteiger partial charge on any atom is 0.256 e. The van der Waals surface area contributed by atoms with Gasteiger partial charge in [-0.1, -0.05) is 30.7 Å². The molecule has 1 aromatic carbocycles. The van der Waals surface area contributed by atoms with E-state index in [0.29, 0.717) is 17.1 Å². The van der Waals surface area contributed by atoms with Crippen LogP contribution in [0.2, 0.25) is 5.02 Å². The van der Waals surface area contributed by atoms with Crippen molar-refractivity contribution < 1.29 is 9.90 Å². The molecule has 0 fully saturated rings. The Labute approximate surface area is 145 Å². The molecular formula is C17H21ClN4O2. The van der Waals surface area contributed by atoms with E-state index < -0.39 is 11.5 Å². The first-order valence-electron chi connectivity index (χ1n) is 8.12. The molecule has 24 heavy (non-hydrogen) atoms. The van der Waals surface area contributed by atoms with Gasteiger partial charge in [-0.15, -0.1) is 0 Å². The highest BCUT2D eigenvalue weighted by Crippen LogP contribution is 2.28. The van der Waals surface area contributed by atoms with Crippen molar-refractivity contribution in [3.05, 3.63) is 46.5 Å². The number of halogens is 1. The SMILES string of the molecule is CC[C@@](O)(C(=O)N[C@@H]1CCc2nc(C)nn2C1)c1cccc(Cl)c1. The van der Waals surface area contributed by atoms with Crippen LogP contribution in [0.3, 0.4) is 0 Å². The highest BCUT2D eigenvalue weighted by Gasteiger charge is 2.37. The van der Waals surface area contributed by atoms with E-state index >= 15 is 0 Å². The largest absolute Gasteiger partial charge is 0.375 e. The van der Waals surface area contributed by atoms with Gasteiger partial charge < -0.3 is 10.4 Å². The first-order chi connectivity index (χ1) is 11.4. The first-order valence-corrected chi connectivity index (χ1v) is 8.50. The van der Waals surface area contributed by atoms with E-state index in [9.17, 15) is 9.90 Å². The topological polar surface area (TPSA) is 80.0 Å². The predicted octanol–water partition coefficient (Wildman–Crippen LogP) is 1.97. The molecule has 1 aliphatic heterocycles. The molecule has 0 aliphatic carbocycles. The van der Waals surface area contributed by atoms with Gasteiger partial charge >= 0.3 is 0 Å². The van der Waals surface area contributed by atoms with Crippen molar-refractivity contribution in [2.24, 2.45) is 0 Å². The van der Waals surface area contributed by atoms with E-state index in [4.69, 9.17) is 11.6 Å². The monoisotopic (exact) mass is 348 g/mol. The van der Waals surface area contributed by atoms with Crippen molar-refractivity contribution in [2.75, 3.05) is 0 Å². The molecule has 0 unspecified atom stereocenters. The Kier molecular flexibility index (Phi) is 4.60. The van der Waals surface area contributed by atoms with Crippen LogP contribution in [0.15, 0.2) is 24.3 Å². The molecular weight excluding hydrogens is 328 g/mol. The molecule has 0 saturated carbocycles. The van der Waals surface area contributed by atoms with Gasteiger partial charge in [-0.25, -0.2) is 9.67 Å². The number of hydrogen-bond donors (Lipinski definition) is 2. The fourth-order valence-electron chi connectivity index (χ4n) is 3.10. The Morgan fingerprint density at radius 1 is 1.54 bits per heavy atom. The average Bonchev–Trinajstić information content (AvgIpc) is 2.93. The molecule has 6 nitrogen and oxygen atoms in total. The van der Waals surface area contributed by atoms with Gasteiger partial charge in [-0.05, 0) is 37.5 Å². The highest BCUT2D eigenvalue weighted by molar-refractivity contribution is 6.30. The molecule has 2 aromatic rings. The lowest BCUT2D eigenvalue weighted by atomic mass is 9.89. The highest BCUT2D eigenvalue weighted by atomic mass is 35.5. The molecule has 1 amide bonds. The molecule has 2 heterocycles. The third kappa shape index (κ3) is 3.16. The number of hydrogen-bond acceptors (Lipinski definition) is 4. The van der Waals surface area contributed by atoms with Crippen LogP contribution >= 0.6 is 11.6 Å². The zero-order chi connectivity index (χ0) is 17.3. The molecule has 2 atom stereocenters. The summed E-state index contributed by atoms with van der Waals surface area (Å²) in [5.74, 6) is 1.28. The quantitative estimate of drug-likeness (QED) is 0.885. The van der Waals surface area contributed by atoms with Crippen molar-refractivity contribution >= 4 is 17.5 Å². The van der Waals surface area contributed by atoms with Crippen molar-refractivity contribution in [3.8, 4) is 0 Å². The molecule has 0 bridgehead atoms. The minimum Gasteiger partial charge on any atom is -0.375 e. The maximum atomic E-state index is 12.7. The number of nitrogens with zero attached hydrogens (tertiary/aromatic N) is 3. The summed E-state index contributed by atoms with van der Waals surface area (Å²) >= 11 is 6.00. The summed E-state index contributed by atoms with van der Waals surface area (Å²) in [4.78, 5) is 17.1. The average molecular weight is 349 g/mol. The molecule has 3 rings (SSSR count). The van der Waals surface area contributed by atoms with Crippen LogP contribution in [0.1, 0.15) is 37.0 Å². The van der Waals surface area contributed by atoms with Crippen molar-refractivity contribution in [1.82, 2.24) is 20.1 Å². The third-order valence-electron chi connectivity index (χ3n) is 4.49. The molecule has 1 aromatic heterocycles. The Hall–Kier alpha value is -1.92. The van der Waals surface area contributed by atoms with E-state index in [1.165, 1.54) is 0 Å². The van der Waals surface area contributed by atoms with Gasteiger partial charge in [0.05, 0.1) is 6.54 Å². The summed E-state index contributed by atoms with van der Waals surface area (Å²) in [6.45, 7) is 4.20. The standard InChI is InChI=1S/C17H21ClN4O2/c1-3-17(24,12-5-4-6-13(18)9-12)16(23)20-14-7-8-15-19-11(2)21-22(15)10-14/h4-6,9,14,24H,3,7-8,10H2,1-2H3,(H,20,23)/t14-,17+/m1/s1. The lowest BCUT2D eigenvalue weighted by molar-refractivity contribution is -0.142. The van der Waals surface area contributed by atoms with E-state index in [-0.39, 0.29) is 12.5 Å². The molecule has 7 heteroatoms. The van der Waals surface area contributed by atoms with Crippen molar-refractivity contribution in [1.29, 1.82) is 0 Å². The minimum atomic E-state index is -1.59. The molecule has 0 spiro atoms. The van der Waals surface area contributed by atoms with Gasteiger partial charge in [0.2, 0.25) is 0 Å². The number of benzene rings is 1. The van der Waals surface area contributed by atoms with Crippen LogP contribution in [0.5, 0.6) is 0 Å². The van der Waals surface area contributed by atoms with E-state index in [1.54, 1.807) is 31.2 Å². The number of aryl methyl sites for hydroxylation is 2. The normalized spacial score (nSPS) is 19.4. The summed E-state index contributed by atoms with van der Waals surface area (Å²) in [5, 5.41) is 18.7. The Bertz CT molecular complexity index is 761. The summed E-state index contributed by atoms with van der Waals surface area (Å²) in [6.07, 6.45) is 1.80. The van der Waals surface area contributed by atoms with Gasteiger partial charge in [-0.2, -0.15) is 5.10 Å². The number of aromatic nitrogens is 3. The van der Waals surface area contributed by atoms with E-state index in [0.717, 1.165) is 24.5 Å². The minimum absolute atomic E-state index is 0.0802. The van der Waals surface area contributed by atoms with Crippen molar-refractivity contribution in [2.45, 2.75) is 51.3 Å². The number of carbonyl (C=O) groups is 1. The number of nitrogens with one attached hydrogen (secondary N) is 1. The zero-order valence-electron chi connectivity index (χ0n) is 13.8. The van der Waals surface area contributed by atoms with Gasteiger partial charge in [0.25, 0.3) is 5.91 Å². The molecule has 2 N–H and O–H groups in total. The van der Waals surface area contributed by atoms with Crippen LogP contribution < -0.4 is 5.32 Å². The van der Waals surface area contributed by atoms with Gasteiger partial charge in [-0.3, -0.25) is 4.79 Å². The number of fused-ring (bicyclic) bond motifs is 1. The predicted molar refractivity (Wildman–Crippen MR) is 90.7 cm³/mol. The summed E-state index contributed by atoms with van der Waals surface area (Å²) < 4.78 is 1.83. The third-order valence-corrected chi connectivity index (χ3v) is 4.72. The Balaban J connectivity index is 1.76. The Morgan fingerprint density at radius 2 is 2.33 bits per heavy atom. The van der Waals surface area contributed by atoms with Gasteiger partial charge in [0.15, 0.2) is 5.60 Å². The van der Waals surface area contributed by atoms with E-state index in [1.807, 2.05) is 11.6 Å². The summed E-state index contributed by atoms with van der Waals surface area (Å²) in [6, 6.07) is 6.72. The van der Waals surface area contributed by atoms with E-state index in [2.05, 4.69) is 15.4 Å².